The first-order valence-electron chi connectivity index (χ1n) is 6.14. The van der Waals surface area contributed by atoms with Gasteiger partial charge in [0.2, 0.25) is 10.0 Å². The van der Waals surface area contributed by atoms with Crippen LogP contribution < -0.4 is 10.0 Å². The van der Waals surface area contributed by atoms with Crippen molar-refractivity contribution in [1.29, 1.82) is 0 Å². The maximum atomic E-state index is 11.7. The number of anilines is 1. The summed E-state index contributed by atoms with van der Waals surface area (Å²) in [4.78, 5) is 10.4. The topological polar surface area (TPSA) is 101 Å². The smallest absolute Gasteiger partial charge is 0.293 e. The number of nitro groups is 1. The van der Waals surface area contributed by atoms with Crippen LogP contribution in [0.3, 0.4) is 0 Å². The highest BCUT2D eigenvalue weighted by Gasteiger charge is 2.22. The number of sulfonamides is 1. The molecule has 0 amide bonds. The average Bonchev–Trinajstić information content (AvgIpc) is 2.44. The van der Waals surface area contributed by atoms with Crippen molar-refractivity contribution in [2.24, 2.45) is 0 Å². The molecule has 9 heteroatoms. The molecule has 0 aliphatic carbocycles. The van der Waals surface area contributed by atoms with E-state index in [1.807, 2.05) is 20.1 Å². The predicted molar refractivity (Wildman–Crippen MR) is 85.4 cm³/mol. The molecule has 0 aliphatic heterocycles. The first-order valence-corrected chi connectivity index (χ1v) is 8.85. The lowest BCUT2D eigenvalue weighted by Gasteiger charge is -2.22. The minimum absolute atomic E-state index is 0.0937. The number of nitro benzene ring substituents is 1. The standard InChI is InChI=1S/C12H19N3O4S2/c1-12(2,20-4)8-14-10-6-5-9(21(18,19)13-3)7-11(10)15(16)17/h5-7,13-14H,8H2,1-4H3. The van der Waals surface area contributed by atoms with Crippen molar-refractivity contribution in [2.75, 3.05) is 25.2 Å². The van der Waals surface area contributed by atoms with Gasteiger partial charge in [-0.05, 0) is 39.3 Å². The van der Waals surface area contributed by atoms with E-state index in [-0.39, 0.29) is 15.3 Å². The van der Waals surface area contributed by atoms with Crippen molar-refractivity contribution in [3.8, 4) is 0 Å². The Balaban J connectivity index is 3.15. The third kappa shape index (κ3) is 4.58. The predicted octanol–water partition coefficient (Wildman–Crippen LogP) is 2.06. The van der Waals surface area contributed by atoms with E-state index in [0.717, 1.165) is 6.07 Å². The second kappa shape index (κ2) is 6.63. The van der Waals surface area contributed by atoms with E-state index in [1.165, 1.54) is 19.2 Å². The lowest BCUT2D eigenvalue weighted by molar-refractivity contribution is -0.384. The van der Waals surface area contributed by atoms with Gasteiger partial charge >= 0.3 is 0 Å². The van der Waals surface area contributed by atoms with Crippen molar-refractivity contribution >= 4 is 33.2 Å². The number of benzene rings is 1. The molecule has 0 fully saturated rings. The van der Waals surface area contributed by atoms with Gasteiger partial charge in [0, 0.05) is 17.4 Å². The lowest BCUT2D eigenvalue weighted by atomic mass is 10.2. The van der Waals surface area contributed by atoms with Crippen LogP contribution in [0.1, 0.15) is 13.8 Å². The van der Waals surface area contributed by atoms with E-state index in [0.29, 0.717) is 12.2 Å². The van der Waals surface area contributed by atoms with Crippen LogP contribution in [0.15, 0.2) is 23.1 Å². The van der Waals surface area contributed by atoms with Crippen LogP contribution in [0.25, 0.3) is 0 Å². The van der Waals surface area contributed by atoms with Gasteiger partial charge in [0.1, 0.15) is 5.69 Å². The fourth-order valence-corrected chi connectivity index (χ4v) is 2.44. The van der Waals surface area contributed by atoms with Crippen molar-refractivity contribution in [3.05, 3.63) is 28.3 Å². The number of hydrogen-bond acceptors (Lipinski definition) is 6. The summed E-state index contributed by atoms with van der Waals surface area (Å²) in [5, 5.41) is 14.1. The summed E-state index contributed by atoms with van der Waals surface area (Å²) in [5.41, 5.74) is 0.0420. The summed E-state index contributed by atoms with van der Waals surface area (Å²) >= 11 is 1.63. The molecule has 0 bridgehead atoms. The van der Waals surface area contributed by atoms with E-state index in [1.54, 1.807) is 11.8 Å². The zero-order valence-corrected chi connectivity index (χ0v) is 14.0. The molecule has 21 heavy (non-hydrogen) atoms. The molecule has 0 aliphatic rings. The molecule has 2 N–H and O–H groups in total. The Morgan fingerprint density at radius 2 is 2.00 bits per heavy atom. The van der Waals surface area contributed by atoms with Crippen LogP contribution in [-0.4, -0.2) is 37.9 Å². The van der Waals surface area contributed by atoms with Gasteiger partial charge in [-0.1, -0.05) is 0 Å². The number of nitrogens with zero attached hydrogens (tertiary/aromatic N) is 1. The summed E-state index contributed by atoms with van der Waals surface area (Å²) in [6, 6.07) is 3.81. The molecule has 1 rings (SSSR count). The van der Waals surface area contributed by atoms with Crippen LogP contribution in [0.4, 0.5) is 11.4 Å². The van der Waals surface area contributed by atoms with Crippen molar-refractivity contribution < 1.29 is 13.3 Å². The van der Waals surface area contributed by atoms with Crippen LogP contribution in [-0.2, 0) is 10.0 Å². The molecule has 0 spiro atoms. The fourth-order valence-electron chi connectivity index (χ4n) is 1.48. The maximum absolute atomic E-state index is 11.7. The summed E-state index contributed by atoms with van der Waals surface area (Å²) in [5.74, 6) is 0. The van der Waals surface area contributed by atoms with E-state index in [9.17, 15) is 18.5 Å². The van der Waals surface area contributed by atoms with Gasteiger partial charge in [0.05, 0.1) is 9.82 Å². The molecule has 1 aromatic rings. The van der Waals surface area contributed by atoms with Crippen LogP contribution in [0.5, 0.6) is 0 Å². The zero-order chi connectivity index (χ0) is 16.3. The zero-order valence-electron chi connectivity index (χ0n) is 12.3. The number of hydrogen-bond donors (Lipinski definition) is 2. The van der Waals surface area contributed by atoms with Crippen LogP contribution >= 0.6 is 11.8 Å². The van der Waals surface area contributed by atoms with Gasteiger partial charge in [-0.15, -0.1) is 0 Å². The minimum Gasteiger partial charge on any atom is -0.378 e. The van der Waals surface area contributed by atoms with E-state index in [4.69, 9.17) is 0 Å². The molecular weight excluding hydrogens is 314 g/mol. The molecule has 1 aromatic carbocycles. The molecule has 0 heterocycles. The highest BCUT2D eigenvalue weighted by molar-refractivity contribution is 7.99. The summed E-state index contributed by atoms with van der Waals surface area (Å²) in [6.07, 6.45) is 1.96. The summed E-state index contributed by atoms with van der Waals surface area (Å²) in [7, 11) is -2.45. The first kappa shape index (κ1) is 17.7. The highest BCUT2D eigenvalue weighted by atomic mass is 32.2. The number of thioether (sulfide) groups is 1. The third-order valence-corrected chi connectivity index (χ3v) is 5.66. The van der Waals surface area contributed by atoms with Crippen molar-refractivity contribution in [3.63, 3.8) is 0 Å². The second-order valence-electron chi connectivity index (χ2n) is 4.96. The Labute approximate surface area is 128 Å². The molecule has 118 valence electrons. The van der Waals surface area contributed by atoms with E-state index < -0.39 is 14.9 Å². The molecule has 0 unspecified atom stereocenters. The monoisotopic (exact) mass is 333 g/mol. The molecule has 0 saturated heterocycles. The van der Waals surface area contributed by atoms with E-state index >= 15 is 0 Å². The molecule has 0 saturated carbocycles. The molecule has 0 atom stereocenters. The normalized spacial score (nSPS) is 12.2. The molecule has 7 nitrogen and oxygen atoms in total. The Hall–Kier alpha value is -1.32. The first-order chi connectivity index (χ1) is 9.63. The number of nitrogens with one attached hydrogen (secondary N) is 2. The van der Waals surface area contributed by atoms with Gasteiger partial charge < -0.3 is 5.32 Å². The Morgan fingerprint density at radius 3 is 2.48 bits per heavy atom. The Bertz CT molecular complexity index is 629. The van der Waals surface area contributed by atoms with Crippen LogP contribution in [0, 0.1) is 10.1 Å². The Kier molecular flexibility index (Phi) is 5.60. The quantitative estimate of drug-likeness (QED) is 0.585. The fraction of sp³-hybridized carbons (Fsp3) is 0.500. The summed E-state index contributed by atoms with van der Waals surface area (Å²) < 4.78 is 25.4. The van der Waals surface area contributed by atoms with E-state index in [2.05, 4.69) is 10.0 Å². The van der Waals surface area contributed by atoms with Gasteiger partial charge in [-0.25, -0.2) is 13.1 Å². The second-order valence-corrected chi connectivity index (χ2v) is 8.36. The van der Waals surface area contributed by atoms with Crippen molar-refractivity contribution in [2.45, 2.75) is 23.5 Å². The number of rotatable bonds is 7. The largest absolute Gasteiger partial charge is 0.378 e. The molecular formula is C12H19N3O4S2. The lowest BCUT2D eigenvalue weighted by Crippen LogP contribution is -2.26. The molecule has 0 aromatic heterocycles. The maximum Gasteiger partial charge on any atom is 0.293 e. The highest BCUT2D eigenvalue weighted by Crippen LogP contribution is 2.29. The Morgan fingerprint density at radius 1 is 1.38 bits per heavy atom. The van der Waals surface area contributed by atoms with Gasteiger partial charge in [-0.3, -0.25) is 10.1 Å². The van der Waals surface area contributed by atoms with Gasteiger partial charge in [0.15, 0.2) is 0 Å². The minimum atomic E-state index is -3.71. The van der Waals surface area contributed by atoms with Crippen LogP contribution in [0.2, 0.25) is 0 Å². The van der Waals surface area contributed by atoms with Gasteiger partial charge in [0.25, 0.3) is 5.69 Å². The summed E-state index contributed by atoms with van der Waals surface area (Å²) in [6.45, 7) is 4.54. The van der Waals surface area contributed by atoms with Gasteiger partial charge in [-0.2, -0.15) is 11.8 Å². The SMILES string of the molecule is CNS(=O)(=O)c1ccc(NCC(C)(C)SC)c([N+](=O)[O-])c1. The average molecular weight is 333 g/mol. The third-order valence-electron chi connectivity index (χ3n) is 3.00. The van der Waals surface area contributed by atoms with Crippen molar-refractivity contribution in [1.82, 2.24) is 4.72 Å². The molecule has 0 radical (unpaired) electrons.